The van der Waals surface area contributed by atoms with Crippen LogP contribution in [0.25, 0.3) is 0 Å². The van der Waals surface area contributed by atoms with Crippen LogP contribution >= 0.6 is 0 Å². The maximum atomic E-state index is 12.0. The Hall–Kier alpha value is -1.59. The van der Waals surface area contributed by atoms with Crippen LogP contribution in [0.15, 0.2) is 18.2 Å². The molecule has 1 aromatic carbocycles. The second-order valence-corrected chi connectivity index (χ2v) is 5.84. The maximum Gasteiger partial charge on any atom is 0.225 e. The van der Waals surface area contributed by atoms with Gasteiger partial charge in [0.25, 0.3) is 0 Å². The Morgan fingerprint density at radius 3 is 2.95 bits per heavy atom. The number of carbonyl (C=O) groups excluding carboxylic acids is 1. The number of rotatable bonds is 4. The molecule has 1 heterocycles. The predicted molar refractivity (Wildman–Crippen MR) is 80.5 cm³/mol. The number of amides is 1. The molecular weight excluding hydrogens is 254 g/mol. The van der Waals surface area contributed by atoms with Gasteiger partial charge in [-0.15, -0.1) is 0 Å². The quantitative estimate of drug-likeness (QED) is 0.726. The molecule has 1 aromatic rings. The van der Waals surface area contributed by atoms with Crippen LogP contribution in [0.2, 0.25) is 0 Å². The molecule has 2 rings (SSSR count). The maximum absolute atomic E-state index is 12.0. The molecule has 0 aromatic heterocycles. The van der Waals surface area contributed by atoms with E-state index in [2.05, 4.69) is 10.2 Å². The molecule has 20 heavy (non-hydrogen) atoms. The van der Waals surface area contributed by atoms with Gasteiger partial charge in [0.05, 0.1) is 5.60 Å². The van der Waals surface area contributed by atoms with E-state index in [4.69, 9.17) is 5.73 Å². The van der Waals surface area contributed by atoms with Gasteiger partial charge in [0, 0.05) is 37.4 Å². The summed E-state index contributed by atoms with van der Waals surface area (Å²) >= 11 is 0. The van der Waals surface area contributed by atoms with Crippen LogP contribution in [-0.2, 0) is 4.79 Å². The molecule has 1 saturated heterocycles. The van der Waals surface area contributed by atoms with E-state index in [0.29, 0.717) is 25.2 Å². The number of hydrogen-bond donors (Lipinski definition) is 3. The van der Waals surface area contributed by atoms with Crippen molar-refractivity contribution in [1.29, 1.82) is 0 Å². The number of benzene rings is 1. The van der Waals surface area contributed by atoms with Gasteiger partial charge in [-0.3, -0.25) is 9.69 Å². The molecule has 0 radical (unpaired) electrons. The molecule has 1 amide bonds. The second kappa shape index (κ2) is 5.81. The number of aliphatic hydroxyl groups is 1. The van der Waals surface area contributed by atoms with Crippen molar-refractivity contribution in [3.05, 3.63) is 23.8 Å². The lowest BCUT2D eigenvalue weighted by Crippen LogP contribution is -2.31. The average molecular weight is 277 g/mol. The first kappa shape index (κ1) is 14.8. The smallest absolute Gasteiger partial charge is 0.225 e. The Kier molecular flexibility index (Phi) is 4.30. The number of nitrogen functional groups attached to an aromatic ring is 1. The van der Waals surface area contributed by atoms with Gasteiger partial charge < -0.3 is 16.2 Å². The third-order valence-corrected chi connectivity index (χ3v) is 3.84. The Labute approximate surface area is 119 Å². The Morgan fingerprint density at radius 1 is 1.55 bits per heavy atom. The van der Waals surface area contributed by atoms with Gasteiger partial charge in [0.1, 0.15) is 0 Å². The van der Waals surface area contributed by atoms with Crippen molar-refractivity contribution in [3.8, 4) is 0 Å². The van der Waals surface area contributed by atoms with E-state index >= 15 is 0 Å². The highest BCUT2D eigenvalue weighted by Gasteiger charge is 2.30. The SMILES string of the molecule is Cc1c(N)cccc1NC(=O)CCN1CCC(C)(O)C1. The van der Waals surface area contributed by atoms with Crippen LogP contribution in [0.3, 0.4) is 0 Å². The minimum atomic E-state index is -0.610. The molecule has 1 aliphatic rings. The molecule has 4 N–H and O–H groups in total. The zero-order valence-corrected chi connectivity index (χ0v) is 12.1. The third-order valence-electron chi connectivity index (χ3n) is 3.84. The first-order chi connectivity index (χ1) is 9.37. The highest BCUT2D eigenvalue weighted by Crippen LogP contribution is 2.22. The first-order valence-corrected chi connectivity index (χ1v) is 6.97. The molecule has 1 unspecified atom stereocenters. The summed E-state index contributed by atoms with van der Waals surface area (Å²) < 4.78 is 0. The van der Waals surface area contributed by atoms with Gasteiger partial charge in [-0.25, -0.2) is 0 Å². The Balaban J connectivity index is 1.83. The fourth-order valence-corrected chi connectivity index (χ4v) is 2.49. The van der Waals surface area contributed by atoms with Crippen molar-refractivity contribution in [3.63, 3.8) is 0 Å². The third kappa shape index (κ3) is 3.71. The molecule has 1 fully saturated rings. The molecule has 0 bridgehead atoms. The fraction of sp³-hybridized carbons (Fsp3) is 0.533. The summed E-state index contributed by atoms with van der Waals surface area (Å²) in [6, 6.07) is 5.50. The molecule has 0 saturated carbocycles. The first-order valence-electron chi connectivity index (χ1n) is 6.97. The summed E-state index contributed by atoms with van der Waals surface area (Å²) in [5.74, 6) is -0.0229. The number of nitrogens with one attached hydrogen (secondary N) is 1. The van der Waals surface area contributed by atoms with Gasteiger partial charge in [-0.1, -0.05) is 6.07 Å². The van der Waals surface area contributed by atoms with E-state index in [1.165, 1.54) is 0 Å². The monoisotopic (exact) mass is 277 g/mol. The average Bonchev–Trinajstić information content (AvgIpc) is 2.72. The number of hydrogen-bond acceptors (Lipinski definition) is 4. The molecule has 0 aliphatic carbocycles. The van der Waals surface area contributed by atoms with E-state index in [-0.39, 0.29) is 5.91 Å². The van der Waals surface area contributed by atoms with Gasteiger partial charge in [0.2, 0.25) is 5.91 Å². The highest BCUT2D eigenvalue weighted by atomic mass is 16.3. The number of β-amino-alcohol motifs (C(OH)–C–C–N with tert-alkyl or cyclic N) is 1. The Morgan fingerprint density at radius 2 is 2.30 bits per heavy atom. The molecule has 5 nitrogen and oxygen atoms in total. The van der Waals surface area contributed by atoms with Crippen LogP contribution in [0.1, 0.15) is 25.3 Å². The molecule has 1 atom stereocenters. The second-order valence-electron chi connectivity index (χ2n) is 5.84. The van der Waals surface area contributed by atoms with E-state index < -0.39 is 5.60 Å². The summed E-state index contributed by atoms with van der Waals surface area (Å²) in [5, 5.41) is 12.8. The van der Waals surface area contributed by atoms with Crippen molar-refractivity contribution in [2.45, 2.75) is 32.3 Å². The van der Waals surface area contributed by atoms with Gasteiger partial charge in [-0.05, 0) is 38.0 Å². The van der Waals surface area contributed by atoms with E-state index in [9.17, 15) is 9.90 Å². The van der Waals surface area contributed by atoms with Crippen molar-refractivity contribution >= 4 is 17.3 Å². The molecule has 1 aliphatic heterocycles. The standard InChI is InChI=1S/C15H23N3O2/c1-11-12(16)4-3-5-13(11)17-14(19)6-8-18-9-7-15(2,20)10-18/h3-5,20H,6-10,16H2,1-2H3,(H,17,19). The lowest BCUT2D eigenvalue weighted by atomic mass is 10.1. The van der Waals surface area contributed by atoms with E-state index in [1.54, 1.807) is 0 Å². The minimum absolute atomic E-state index is 0.0229. The Bertz CT molecular complexity index is 500. The van der Waals surface area contributed by atoms with Crippen molar-refractivity contribution in [2.75, 3.05) is 30.7 Å². The molecule has 5 heteroatoms. The molecule has 110 valence electrons. The summed E-state index contributed by atoms with van der Waals surface area (Å²) in [6.07, 6.45) is 1.19. The van der Waals surface area contributed by atoms with Crippen LogP contribution in [0.5, 0.6) is 0 Å². The van der Waals surface area contributed by atoms with E-state index in [0.717, 1.165) is 24.2 Å². The van der Waals surface area contributed by atoms with Gasteiger partial charge in [-0.2, -0.15) is 0 Å². The number of likely N-dealkylation sites (tertiary alicyclic amines) is 1. The number of carbonyl (C=O) groups is 1. The van der Waals surface area contributed by atoms with Crippen LogP contribution in [0, 0.1) is 6.92 Å². The largest absolute Gasteiger partial charge is 0.398 e. The summed E-state index contributed by atoms with van der Waals surface area (Å²) in [4.78, 5) is 14.1. The molecule has 0 spiro atoms. The fourth-order valence-electron chi connectivity index (χ4n) is 2.49. The van der Waals surface area contributed by atoms with Gasteiger partial charge in [0.15, 0.2) is 0 Å². The van der Waals surface area contributed by atoms with Crippen molar-refractivity contribution < 1.29 is 9.90 Å². The summed E-state index contributed by atoms with van der Waals surface area (Å²) in [7, 11) is 0. The number of nitrogens with two attached hydrogens (primary N) is 1. The number of nitrogens with zero attached hydrogens (tertiary/aromatic N) is 1. The number of anilines is 2. The van der Waals surface area contributed by atoms with Crippen LogP contribution in [-0.4, -0.2) is 41.1 Å². The summed E-state index contributed by atoms with van der Waals surface area (Å²) in [6.45, 7) is 5.88. The zero-order chi connectivity index (χ0) is 14.8. The highest BCUT2D eigenvalue weighted by molar-refractivity contribution is 5.92. The normalized spacial score (nSPS) is 22.9. The van der Waals surface area contributed by atoms with E-state index in [1.807, 2.05) is 32.0 Å². The zero-order valence-electron chi connectivity index (χ0n) is 12.1. The predicted octanol–water partition coefficient (Wildman–Crippen LogP) is 1.36. The van der Waals surface area contributed by atoms with Crippen LogP contribution in [0.4, 0.5) is 11.4 Å². The minimum Gasteiger partial charge on any atom is -0.398 e. The lowest BCUT2D eigenvalue weighted by molar-refractivity contribution is -0.116. The van der Waals surface area contributed by atoms with Crippen molar-refractivity contribution in [2.24, 2.45) is 0 Å². The lowest BCUT2D eigenvalue weighted by Gasteiger charge is -2.18. The van der Waals surface area contributed by atoms with Crippen molar-refractivity contribution in [1.82, 2.24) is 4.90 Å². The summed E-state index contributed by atoms with van der Waals surface area (Å²) in [5.41, 5.74) is 7.54. The molecular formula is C15H23N3O2. The van der Waals surface area contributed by atoms with Crippen LogP contribution < -0.4 is 11.1 Å². The topological polar surface area (TPSA) is 78.6 Å². The van der Waals surface area contributed by atoms with Gasteiger partial charge >= 0.3 is 0 Å².